The van der Waals surface area contributed by atoms with Gasteiger partial charge in [0.25, 0.3) is 6.47 Å². The number of nitrogens with one attached hydrogen (secondary N) is 1. The van der Waals surface area contributed by atoms with Crippen molar-refractivity contribution < 1.29 is 9.53 Å². The van der Waals surface area contributed by atoms with Crippen LogP contribution in [0.4, 0.5) is 0 Å². The second-order valence-electron chi connectivity index (χ2n) is 2.31. The summed E-state index contributed by atoms with van der Waals surface area (Å²) in [5.41, 5.74) is 1.90. The lowest BCUT2D eigenvalue weighted by Gasteiger charge is -2.05. The fourth-order valence-electron chi connectivity index (χ4n) is 0.865. The number of imidazole rings is 1. The molecule has 0 bridgehead atoms. The zero-order valence-electron chi connectivity index (χ0n) is 6.58. The molecule has 0 amide bonds. The molecule has 0 saturated carbocycles. The first-order valence-corrected chi connectivity index (χ1v) is 4.37. The number of nitrogens with zero attached hydrogens (tertiary/aromatic N) is 1. The molecule has 66 valence electrons. The van der Waals surface area contributed by atoms with Gasteiger partial charge < -0.3 is 9.72 Å². The molecule has 12 heavy (non-hydrogen) atoms. The van der Waals surface area contributed by atoms with E-state index >= 15 is 0 Å². The van der Waals surface area contributed by atoms with E-state index in [1.807, 2.05) is 6.92 Å². The van der Waals surface area contributed by atoms with Crippen LogP contribution in [0.5, 0.6) is 0 Å². The molecule has 0 aromatic carbocycles. The molecule has 1 aromatic heterocycles. The SMILES string of the molecule is Cc1nc[nH]c1CC(Br)OC=O. The molecule has 1 N–H and O–H groups in total. The number of halogens is 1. The minimum Gasteiger partial charge on any atom is -0.453 e. The Morgan fingerprint density at radius 2 is 2.67 bits per heavy atom. The van der Waals surface area contributed by atoms with Crippen LogP contribution in [0.3, 0.4) is 0 Å². The molecule has 4 nitrogen and oxygen atoms in total. The van der Waals surface area contributed by atoms with Gasteiger partial charge in [-0.05, 0) is 22.9 Å². The zero-order valence-corrected chi connectivity index (χ0v) is 8.17. The van der Waals surface area contributed by atoms with E-state index in [0.717, 1.165) is 11.4 Å². The van der Waals surface area contributed by atoms with E-state index in [9.17, 15) is 4.79 Å². The topological polar surface area (TPSA) is 55.0 Å². The molecule has 0 fully saturated rings. The summed E-state index contributed by atoms with van der Waals surface area (Å²) in [6.07, 6.45) is 2.22. The molecule has 5 heteroatoms. The second-order valence-corrected chi connectivity index (χ2v) is 3.33. The highest BCUT2D eigenvalue weighted by molar-refractivity contribution is 9.09. The van der Waals surface area contributed by atoms with Crippen molar-refractivity contribution in [2.75, 3.05) is 0 Å². The Kier molecular flexibility index (Phi) is 3.28. The Hall–Kier alpha value is -0.840. The Labute approximate surface area is 78.5 Å². The van der Waals surface area contributed by atoms with Crippen molar-refractivity contribution in [1.29, 1.82) is 0 Å². The number of hydrogen-bond acceptors (Lipinski definition) is 3. The minimum atomic E-state index is -0.283. The third-order valence-electron chi connectivity index (χ3n) is 1.50. The lowest BCUT2D eigenvalue weighted by Crippen LogP contribution is -2.07. The summed E-state index contributed by atoms with van der Waals surface area (Å²) in [4.78, 5) is 16.9. The molecular formula is C7H9BrN2O2. The number of H-pyrrole nitrogens is 1. The van der Waals surface area contributed by atoms with E-state index in [-0.39, 0.29) is 5.01 Å². The van der Waals surface area contributed by atoms with Crippen LogP contribution in [-0.2, 0) is 16.0 Å². The van der Waals surface area contributed by atoms with Crippen molar-refractivity contribution in [1.82, 2.24) is 9.97 Å². The molecule has 0 spiro atoms. The quantitative estimate of drug-likeness (QED) is 0.627. The Morgan fingerprint density at radius 3 is 3.17 bits per heavy atom. The second kappa shape index (κ2) is 4.25. The highest BCUT2D eigenvalue weighted by Gasteiger charge is 2.08. The van der Waals surface area contributed by atoms with Crippen molar-refractivity contribution in [2.45, 2.75) is 18.4 Å². The van der Waals surface area contributed by atoms with Crippen LogP contribution in [0, 0.1) is 6.92 Å². The molecule has 1 atom stereocenters. The number of alkyl halides is 1. The van der Waals surface area contributed by atoms with Crippen molar-refractivity contribution in [3.63, 3.8) is 0 Å². The van der Waals surface area contributed by atoms with E-state index in [0.29, 0.717) is 12.9 Å². The van der Waals surface area contributed by atoms with Crippen LogP contribution in [-0.4, -0.2) is 21.5 Å². The standard InChI is InChI=1S/C7H9BrN2O2/c1-5-6(10-3-9-5)2-7(8)12-4-11/h3-4,7H,2H2,1H3,(H,9,10). The first kappa shape index (κ1) is 9.25. The predicted octanol–water partition coefficient (Wildman–Crippen LogP) is 1.15. The van der Waals surface area contributed by atoms with E-state index in [2.05, 4.69) is 30.6 Å². The number of carbonyl (C=O) groups excluding carboxylic acids is 1. The normalized spacial score (nSPS) is 12.5. The molecule has 1 heterocycles. The zero-order chi connectivity index (χ0) is 8.97. The first-order valence-electron chi connectivity index (χ1n) is 3.46. The van der Waals surface area contributed by atoms with E-state index in [1.165, 1.54) is 0 Å². The maximum Gasteiger partial charge on any atom is 0.294 e. The van der Waals surface area contributed by atoms with Gasteiger partial charge in [-0.2, -0.15) is 0 Å². The van der Waals surface area contributed by atoms with E-state index in [4.69, 9.17) is 0 Å². The monoisotopic (exact) mass is 232 g/mol. The van der Waals surface area contributed by atoms with Gasteiger partial charge in [-0.25, -0.2) is 4.98 Å². The van der Waals surface area contributed by atoms with Gasteiger partial charge in [-0.15, -0.1) is 0 Å². The Morgan fingerprint density at radius 1 is 1.92 bits per heavy atom. The summed E-state index contributed by atoms with van der Waals surface area (Å²) in [5.74, 6) is 0. The van der Waals surface area contributed by atoms with Gasteiger partial charge >= 0.3 is 0 Å². The van der Waals surface area contributed by atoms with Gasteiger partial charge in [0, 0.05) is 12.1 Å². The number of aromatic nitrogens is 2. The molecule has 1 unspecified atom stereocenters. The van der Waals surface area contributed by atoms with Gasteiger partial charge in [-0.1, -0.05) is 0 Å². The number of hydrogen-bond donors (Lipinski definition) is 1. The van der Waals surface area contributed by atoms with Crippen LogP contribution < -0.4 is 0 Å². The number of ether oxygens (including phenoxy) is 1. The molecule has 0 radical (unpaired) electrons. The van der Waals surface area contributed by atoms with Crippen LogP contribution >= 0.6 is 15.9 Å². The predicted molar refractivity (Wildman–Crippen MR) is 46.9 cm³/mol. The summed E-state index contributed by atoms with van der Waals surface area (Å²) in [6.45, 7) is 2.32. The Balaban J connectivity index is 2.51. The smallest absolute Gasteiger partial charge is 0.294 e. The molecule has 1 rings (SSSR count). The van der Waals surface area contributed by atoms with Crippen molar-refractivity contribution in [2.24, 2.45) is 0 Å². The molecular weight excluding hydrogens is 224 g/mol. The summed E-state index contributed by atoms with van der Waals surface area (Å²) < 4.78 is 4.66. The lowest BCUT2D eigenvalue weighted by atomic mass is 10.3. The van der Waals surface area contributed by atoms with Crippen LogP contribution in [0.25, 0.3) is 0 Å². The van der Waals surface area contributed by atoms with E-state index in [1.54, 1.807) is 6.33 Å². The van der Waals surface area contributed by atoms with Crippen molar-refractivity contribution in [3.8, 4) is 0 Å². The van der Waals surface area contributed by atoms with Gasteiger partial charge in [0.1, 0.15) is 0 Å². The number of rotatable bonds is 4. The number of aromatic amines is 1. The Bertz CT molecular complexity index is 262. The van der Waals surface area contributed by atoms with Gasteiger partial charge in [0.15, 0.2) is 5.01 Å². The highest BCUT2D eigenvalue weighted by Crippen LogP contribution is 2.10. The van der Waals surface area contributed by atoms with Crippen molar-refractivity contribution >= 4 is 22.4 Å². The molecule has 0 aliphatic carbocycles. The van der Waals surface area contributed by atoms with Gasteiger partial charge in [0.2, 0.25) is 0 Å². The van der Waals surface area contributed by atoms with Gasteiger partial charge in [0.05, 0.1) is 12.0 Å². The van der Waals surface area contributed by atoms with E-state index < -0.39 is 0 Å². The van der Waals surface area contributed by atoms with Crippen LogP contribution in [0.2, 0.25) is 0 Å². The van der Waals surface area contributed by atoms with Gasteiger partial charge in [-0.3, -0.25) is 4.79 Å². The summed E-state index contributed by atoms with van der Waals surface area (Å²) in [7, 11) is 0. The summed E-state index contributed by atoms with van der Waals surface area (Å²) >= 11 is 3.19. The fraction of sp³-hybridized carbons (Fsp3) is 0.429. The fourth-order valence-corrected chi connectivity index (χ4v) is 1.28. The van der Waals surface area contributed by atoms with Crippen LogP contribution in [0.1, 0.15) is 11.4 Å². The first-order chi connectivity index (χ1) is 5.74. The molecule has 1 aromatic rings. The maximum atomic E-state index is 9.95. The average molecular weight is 233 g/mol. The third kappa shape index (κ3) is 2.34. The molecule has 0 aliphatic heterocycles. The average Bonchev–Trinajstić information content (AvgIpc) is 2.37. The third-order valence-corrected chi connectivity index (χ3v) is 2.04. The summed E-state index contributed by atoms with van der Waals surface area (Å²) in [6, 6.07) is 0. The molecule has 0 saturated heterocycles. The largest absolute Gasteiger partial charge is 0.453 e. The lowest BCUT2D eigenvalue weighted by molar-refractivity contribution is -0.129. The minimum absolute atomic E-state index is 0.283. The van der Waals surface area contributed by atoms with Crippen LogP contribution in [0.15, 0.2) is 6.33 Å². The maximum absolute atomic E-state index is 9.95. The number of aryl methyl sites for hydroxylation is 1. The summed E-state index contributed by atoms with van der Waals surface area (Å²) in [5, 5.41) is -0.283. The highest BCUT2D eigenvalue weighted by atomic mass is 79.9. The number of carbonyl (C=O) groups is 1. The molecule has 0 aliphatic rings. The van der Waals surface area contributed by atoms with Crippen molar-refractivity contribution in [3.05, 3.63) is 17.7 Å².